The van der Waals surface area contributed by atoms with E-state index in [1.54, 1.807) is 14.2 Å². The van der Waals surface area contributed by atoms with Crippen LogP contribution in [-0.4, -0.2) is 45.2 Å². The van der Waals surface area contributed by atoms with Gasteiger partial charge in [-0.3, -0.25) is 9.79 Å². The Hall–Kier alpha value is -2.86. The molecule has 0 saturated carbocycles. The second-order valence-corrected chi connectivity index (χ2v) is 11.3. The summed E-state index contributed by atoms with van der Waals surface area (Å²) in [7, 11) is 3.36. The van der Waals surface area contributed by atoms with E-state index >= 15 is 0 Å². The molecule has 214 valence electrons. The van der Waals surface area contributed by atoms with Crippen molar-refractivity contribution in [1.82, 2.24) is 0 Å². The van der Waals surface area contributed by atoms with Crippen LogP contribution in [0.4, 0.5) is 0 Å². The highest BCUT2D eigenvalue weighted by atomic mass is 16.6. The predicted octanol–water partition coefficient (Wildman–Crippen LogP) is 7.11. The largest absolute Gasteiger partial charge is 0.493 e. The van der Waals surface area contributed by atoms with E-state index in [9.17, 15) is 4.79 Å². The highest BCUT2D eigenvalue weighted by molar-refractivity contribution is 5.93. The summed E-state index contributed by atoms with van der Waals surface area (Å²) < 4.78 is 22.7. The van der Waals surface area contributed by atoms with Crippen LogP contribution in [0.1, 0.15) is 71.0 Å². The molecule has 0 N–H and O–H groups in total. The van der Waals surface area contributed by atoms with E-state index in [0.717, 1.165) is 42.0 Å². The normalized spacial score (nSPS) is 19.3. The van der Waals surface area contributed by atoms with Gasteiger partial charge in [0.2, 0.25) is 0 Å². The lowest BCUT2D eigenvalue weighted by molar-refractivity contribution is -0.143. The van der Waals surface area contributed by atoms with Gasteiger partial charge in [0.05, 0.1) is 31.4 Å². The summed E-state index contributed by atoms with van der Waals surface area (Å²) in [6, 6.07) is 16.5. The zero-order valence-electron chi connectivity index (χ0n) is 24.8. The quantitative estimate of drug-likeness (QED) is 0.138. The molecule has 1 fully saturated rings. The lowest BCUT2D eigenvalue weighted by Gasteiger charge is -2.25. The van der Waals surface area contributed by atoms with Gasteiger partial charge in [-0.15, -0.1) is 0 Å². The maximum Gasteiger partial charge on any atom is 0.310 e. The van der Waals surface area contributed by atoms with Gasteiger partial charge in [0.15, 0.2) is 11.5 Å². The molecule has 6 nitrogen and oxygen atoms in total. The smallest absolute Gasteiger partial charge is 0.310 e. The first kappa shape index (κ1) is 30.7. The van der Waals surface area contributed by atoms with Crippen LogP contribution >= 0.6 is 0 Å². The first-order chi connectivity index (χ1) is 18.7. The summed E-state index contributed by atoms with van der Waals surface area (Å²) in [5, 5.41) is 0. The number of carbonyl (C=O) groups excluding carboxylic acids is 1. The maximum absolute atomic E-state index is 12.7. The summed E-state index contributed by atoms with van der Waals surface area (Å²) in [6.45, 7) is 12.0. The molecule has 0 radical (unpaired) electrons. The van der Waals surface area contributed by atoms with Crippen molar-refractivity contribution in [3.63, 3.8) is 0 Å². The van der Waals surface area contributed by atoms with Crippen LogP contribution in [-0.2, 0) is 20.7 Å². The fourth-order valence-corrected chi connectivity index (χ4v) is 5.13. The van der Waals surface area contributed by atoms with Gasteiger partial charge < -0.3 is 18.9 Å². The molecule has 0 amide bonds. The minimum absolute atomic E-state index is 0.0149. The minimum Gasteiger partial charge on any atom is -0.493 e. The van der Waals surface area contributed by atoms with E-state index in [1.165, 1.54) is 5.56 Å². The molecule has 0 bridgehead atoms. The predicted molar refractivity (Wildman–Crippen MR) is 157 cm³/mol. The Morgan fingerprint density at radius 3 is 2.36 bits per heavy atom. The fourth-order valence-electron chi connectivity index (χ4n) is 5.13. The third kappa shape index (κ3) is 8.82. The van der Waals surface area contributed by atoms with E-state index in [-0.39, 0.29) is 30.0 Å². The van der Waals surface area contributed by atoms with E-state index in [2.05, 4.69) is 58.9 Å². The average molecular weight is 538 g/mol. The molecular formula is C33H47NO5. The van der Waals surface area contributed by atoms with Crippen molar-refractivity contribution >= 4 is 11.7 Å². The third-order valence-electron chi connectivity index (χ3n) is 7.74. The van der Waals surface area contributed by atoms with Crippen molar-refractivity contribution in [2.75, 3.05) is 27.4 Å². The maximum atomic E-state index is 12.7. The van der Waals surface area contributed by atoms with Gasteiger partial charge in [0, 0.05) is 26.6 Å². The molecule has 1 heterocycles. The highest BCUT2D eigenvalue weighted by Gasteiger charge is 2.39. The lowest BCUT2D eigenvalue weighted by Crippen LogP contribution is -2.27. The lowest BCUT2D eigenvalue weighted by atomic mass is 9.82. The molecule has 0 aromatic heterocycles. The molecule has 4 atom stereocenters. The van der Waals surface area contributed by atoms with Gasteiger partial charge in [-0.25, -0.2) is 0 Å². The van der Waals surface area contributed by atoms with Crippen molar-refractivity contribution in [1.29, 1.82) is 0 Å². The summed E-state index contributed by atoms with van der Waals surface area (Å²) in [4.78, 5) is 17.9. The van der Waals surface area contributed by atoms with Gasteiger partial charge in [0.1, 0.15) is 6.10 Å². The molecule has 1 aliphatic heterocycles. The van der Waals surface area contributed by atoms with Crippen LogP contribution in [0.15, 0.2) is 53.5 Å². The molecule has 0 spiro atoms. The molecular weight excluding hydrogens is 490 g/mol. The molecule has 2 aromatic carbocycles. The number of ether oxygens (including phenoxy) is 4. The Kier molecular flexibility index (Phi) is 11.9. The zero-order chi connectivity index (χ0) is 28.4. The molecule has 6 heteroatoms. The second kappa shape index (κ2) is 15.1. The van der Waals surface area contributed by atoms with Crippen LogP contribution in [0.2, 0.25) is 0 Å². The number of aliphatic imine (C=N–C) groups is 1. The standard InChI is InChI=1S/C33H47NO5/c1-22(2)27(18-25-14-15-30(37-7)32(19-25)38-17-11-16-36-6)20-29(31-21-28(23(3)4)33(35)39-31)34-24(5)26-12-9-8-10-13-26/h8-10,12-15,19,22-24,27-28,31H,11,16-18,20-21H2,1-7H3/t24-,27-,28-,31-/m0/s1. The van der Waals surface area contributed by atoms with Crippen molar-refractivity contribution in [2.45, 2.75) is 72.4 Å². The van der Waals surface area contributed by atoms with E-state index in [1.807, 2.05) is 24.3 Å². The van der Waals surface area contributed by atoms with Crippen molar-refractivity contribution in [2.24, 2.45) is 28.7 Å². The summed E-state index contributed by atoms with van der Waals surface area (Å²) >= 11 is 0. The van der Waals surface area contributed by atoms with Crippen LogP contribution in [0.25, 0.3) is 0 Å². The number of esters is 1. The Labute approximate surface area is 235 Å². The number of cyclic esters (lactones) is 1. The van der Waals surface area contributed by atoms with Crippen LogP contribution < -0.4 is 9.47 Å². The Morgan fingerprint density at radius 1 is 1.00 bits per heavy atom. The molecule has 39 heavy (non-hydrogen) atoms. The van der Waals surface area contributed by atoms with Gasteiger partial charge in [0.25, 0.3) is 0 Å². The molecule has 0 unspecified atom stereocenters. The number of methoxy groups -OCH3 is 2. The zero-order valence-corrected chi connectivity index (χ0v) is 24.8. The Morgan fingerprint density at radius 2 is 1.74 bits per heavy atom. The number of carbonyl (C=O) groups is 1. The molecule has 1 aliphatic rings. The van der Waals surface area contributed by atoms with Gasteiger partial charge in [-0.05, 0) is 60.8 Å². The Bertz CT molecular complexity index is 1070. The first-order valence-corrected chi connectivity index (χ1v) is 14.3. The van der Waals surface area contributed by atoms with Crippen molar-refractivity contribution < 1.29 is 23.7 Å². The minimum atomic E-state index is -0.271. The van der Waals surface area contributed by atoms with Crippen LogP contribution in [0, 0.1) is 23.7 Å². The van der Waals surface area contributed by atoms with Gasteiger partial charge in [-0.2, -0.15) is 0 Å². The number of benzene rings is 2. The van der Waals surface area contributed by atoms with E-state index in [0.29, 0.717) is 31.5 Å². The number of hydrogen-bond acceptors (Lipinski definition) is 6. The molecule has 2 aromatic rings. The molecule has 0 aliphatic carbocycles. The second-order valence-electron chi connectivity index (χ2n) is 11.3. The van der Waals surface area contributed by atoms with E-state index < -0.39 is 0 Å². The van der Waals surface area contributed by atoms with Gasteiger partial charge >= 0.3 is 5.97 Å². The number of hydrogen-bond donors (Lipinski definition) is 0. The summed E-state index contributed by atoms with van der Waals surface area (Å²) in [5.41, 5.74) is 3.34. The monoisotopic (exact) mass is 537 g/mol. The van der Waals surface area contributed by atoms with Crippen molar-refractivity contribution in [3.8, 4) is 11.5 Å². The van der Waals surface area contributed by atoms with E-state index in [4.69, 9.17) is 23.9 Å². The fraction of sp³-hybridized carbons (Fsp3) is 0.576. The summed E-state index contributed by atoms with van der Waals surface area (Å²) in [5.74, 6) is 2.29. The molecule has 3 rings (SSSR count). The average Bonchev–Trinajstić information content (AvgIpc) is 3.32. The third-order valence-corrected chi connectivity index (χ3v) is 7.74. The topological polar surface area (TPSA) is 66.4 Å². The Balaban J connectivity index is 1.85. The first-order valence-electron chi connectivity index (χ1n) is 14.3. The summed E-state index contributed by atoms with van der Waals surface area (Å²) in [6.07, 6.45) is 2.88. The van der Waals surface area contributed by atoms with Crippen LogP contribution in [0.3, 0.4) is 0 Å². The number of rotatable bonds is 15. The molecule has 1 saturated heterocycles. The van der Waals surface area contributed by atoms with Crippen LogP contribution in [0.5, 0.6) is 11.5 Å². The number of nitrogens with zero attached hydrogens (tertiary/aromatic N) is 1. The van der Waals surface area contributed by atoms with Gasteiger partial charge in [-0.1, -0.05) is 64.1 Å². The highest BCUT2D eigenvalue weighted by Crippen LogP contribution is 2.34. The van der Waals surface area contributed by atoms with Crippen molar-refractivity contribution in [3.05, 3.63) is 59.7 Å². The SMILES string of the molecule is COCCCOc1cc(C[C@@H](CC(=N[C@@H](C)c2ccccc2)[C@@H]2C[C@@H](C(C)C)C(=O)O2)C(C)C)ccc1OC.